The second-order valence-corrected chi connectivity index (χ2v) is 9.02. The maximum atomic E-state index is 12.2. The van der Waals surface area contributed by atoms with Gasteiger partial charge in [0.15, 0.2) is 0 Å². The summed E-state index contributed by atoms with van der Waals surface area (Å²) in [6.07, 6.45) is 4.18. The Labute approximate surface area is 203 Å². The Morgan fingerprint density at radius 3 is 1.29 bits per heavy atom. The van der Waals surface area contributed by atoms with Crippen molar-refractivity contribution in [3.63, 3.8) is 0 Å². The number of carbonyl (C=O) groups is 2. The Kier molecular flexibility index (Phi) is 11.7. The first-order chi connectivity index (χ1) is 16.4. The van der Waals surface area contributed by atoms with Crippen LogP contribution in [0.5, 0.6) is 0 Å². The molecule has 0 aliphatic heterocycles. The summed E-state index contributed by atoms with van der Waals surface area (Å²) in [5, 5.41) is 8.70. The van der Waals surface area contributed by atoms with Gasteiger partial charge >= 0.3 is 0 Å². The van der Waals surface area contributed by atoms with E-state index in [1.807, 2.05) is 60.7 Å². The van der Waals surface area contributed by atoms with E-state index in [2.05, 4.69) is 48.7 Å². The van der Waals surface area contributed by atoms with Crippen molar-refractivity contribution >= 4 is 23.2 Å². The molecule has 0 radical (unpaired) electrons. The number of carbonyl (C=O) groups excluding carboxylic acids is 2. The molecule has 0 unspecified atom stereocenters. The monoisotopic (exact) mass is 462 g/mol. The molecule has 2 N–H and O–H groups in total. The molecule has 0 fully saturated rings. The molecule has 6 heteroatoms. The van der Waals surface area contributed by atoms with Gasteiger partial charge in [0.2, 0.25) is 11.8 Å². The molecular weight excluding hydrogens is 424 g/mol. The van der Waals surface area contributed by atoms with Crippen molar-refractivity contribution < 1.29 is 9.59 Å². The van der Waals surface area contributed by atoms with Crippen LogP contribution >= 0.6 is 0 Å². The number of nitrogens with one attached hydrogen (secondary N) is 2. The lowest BCUT2D eigenvalue weighted by molar-refractivity contribution is -0.122. The molecule has 0 bridgehead atoms. The average molecular weight is 463 g/mol. The summed E-state index contributed by atoms with van der Waals surface area (Å²) in [4.78, 5) is 24.3. The number of hydrogen-bond acceptors (Lipinski definition) is 4. The van der Waals surface area contributed by atoms with E-state index >= 15 is 0 Å². The molecule has 2 aromatic carbocycles. The number of hydrogen-bond donors (Lipinski definition) is 2. The molecule has 182 valence electrons. The van der Waals surface area contributed by atoms with Crippen LogP contribution in [0.1, 0.15) is 77.3 Å². The van der Waals surface area contributed by atoms with E-state index in [4.69, 9.17) is 0 Å². The highest BCUT2D eigenvalue weighted by Crippen LogP contribution is 2.11. The Bertz CT molecular complexity index is 871. The lowest BCUT2D eigenvalue weighted by Gasteiger charge is -2.11. The summed E-state index contributed by atoms with van der Waals surface area (Å²) in [6.45, 7) is 8.24. The van der Waals surface area contributed by atoms with Gasteiger partial charge in [0.1, 0.15) is 0 Å². The Morgan fingerprint density at radius 2 is 0.971 bits per heavy atom. The van der Waals surface area contributed by atoms with Crippen LogP contribution in [-0.4, -0.2) is 23.2 Å². The molecule has 0 saturated carbocycles. The summed E-state index contributed by atoms with van der Waals surface area (Å²) in [5.74, 6) is 0.261. The predicted octanol–water partition coefficient (Wildman–Crippen LogP) is 5.68. The quantitative estimate of drug-likeness (QED) is 0.228. The summed E-state index contributed by atoms with van der Waals surface area (Å²) in [5.41, 5.74) is 9.16. The zero-order chi connectivity index (χ0) is 24.8. The predicted molar refractivity (Wildman–Crippen MR) is 140 cm³/mol. The summed E-state index contributed by atoms with van der Waals surface area (Å²) in [7, 11) is 0. The number of amides is 2. The van der Waals surface area contributed by atoms with E-state index in [1.54, 1.807) is 0 Å². The highest BCUT2D eigenvalue weighted by atomic mass is 16.2. The van der Waals surface area contributed by atoms with Gasteiger partial charge in [-0.25, -0.2) is 10.9 Å². The molecule has 2 amide bonds. The Balaban J connectivity index is 1.66. The minimum absolute atomic E-state index is 0.0803. The normalized spacial score (nSPS) is 12.2. The molecular formula is C28H38N4O2. The van der Waals surface area contributed by atoms with Crippen LogP contribution in [0, 0.1) is 11.8 Å². The average Bonchev–Trinajstić information content (AvgIpc) is 2.82. The van der Waals surface area contributed by atoms with Gasteiger partial charge in [0, 0.05) is 12.8 Å². The van der Waals surface area contributed by atoms with Crippen LogP contribution in [0.3, 0.4) is 0 Å². The van der Waals surface area contributed by atoms with Crippen molar-refractivity contribution in [2.45, 2.75) is 66.2 Å². The minimum Gasteiger partial charge on any atom is -0.273 e. The van der Waals surface area contributed by atoms with Gasteiger partial charge in [-0.05, 0) is 35.8 Å². The van der Waals surface area contributed by atoms with Crippen LogP contribution in [0.25, 0.3) is 0 Å². The number of unbranched alkanes of at least 4 members (excludes halogenated alkanes) is 3. The van der Waals surface area contributed by atoms with Crippen molar-refractivity contribution in [2.24, 2.45) is 22.0 Å². The van der Waals surface area contributed by atoms with Crippen molar-refractivity contribution in [2.75, 3.05) is 0 Å². The maximum Gasteiger partial charge on any atom is 0.240 e. The molecule has 2 aromatic rings. The number of hydrazone groups is 2. The van der Waals surface area contributed by atoms with Crippen molar-refractivity contribution in [1.29, 1.82) is 0 Å². The summed E-state index contributed by atoms with van der Waals surface area (Å²) >= 11 is 0. The van der Waals surface area contributed by atoms with Crippen LogP contribution in [0.15, 0.2) is 70.9 Å². The third-order valence-corrected chi connectivity index (χ3v) is 5.39. The topological polar surface area (TPSA) is 82.9 Å². The van der Waals surface area contributed by atoms with E-state index < -0.39 is 0 Å². The second-order valence-electron chi connectivity index (χ2n) is 9.02. The molecule has 6 nitrogen and oxygen atoms in total. The highest BCUT2D eigenvalue weighted by molar-refractivity contribution is 6.02. The SMILES string of the molecule is CC(C)/C(=N\NC(=O)CCCCCCC(=O)N/N=C(/c1ccccc1)C(C)C)c1ccccc1. The molecule has 0 heterocycles. The first-order valence-corrected chi connectivity index (χ1v) is 12.2. The lowest BCUT2D eigenvalue weighted by atomic mass is 10.0. The number of rotatable bonds is 13. The van der Waals surface area contributed by atoms with Crippen molar-refractivity contribution in [3.05, 3.63) is 71.8 Å². The van der Waals surface area contributed by atoms with Gasteiger partial charge in [-0.3, -0.25) is 9.59 Å². The molecule has 0 aliphatic carbocycles. The van der Waals surface area contributed by atoms with Gasteiger partial charge < -0.3 is 0 Å². The summed E-state index contributed by atoms with van der Waals surface area (Å²) < 4.78 is 0. The second kappa shape index (κ2) is 14.8. The van der Waals surface area contributed by atoms with Gasteiger partial charge in [0.25, 0.3) is 0 Å². The molecule has 0 aliphatic rings. The largest absolute Gasteiger partial charge is 0.273 e. The van der Waals surface area contributed by atoms with Gasteiger partial charge in [-0.2, -0.15) is 10.2 Å². The fourth-order valence-corrected chi connectivity index (χ4v) is 3.55. The fourth-order valence-electron chi connectivity index (χ4n) is 3.55. The fraction of sp³-hybridized carbons (Fsp3) is 0.429. The molecule has 2 rings (SSSR count). The molecule has 0 saturated heterocycles. The van der Waals surface area contributed by atoms with Crippen LogP contribution < -0.4 is 10.9 Å². The first-order valence-electron chi connectivity index (χ1n) is 12.2. The first kappa shape index (κ1) is 27.0. The van der Waals surface area contributed by atoms with Crippen LogP contribution in [0.4, 0.5) is 0 Å². The van der Waals surface area contributed by atoms with E-state index in [0.29, 0.717) is 12.8 Å². The number of nitrogens with zero attached hydrogens (tertiary/aromatic N) is 2. The maximum absolute atomic E-state index is 12.2. The van der Waals surface area contributed by atoms with Crippen molar-refractivity contribution in [1.82, 2.24) is 10.9 Å². The lowest BCUT2D eigenvalue weighted by Crippen LogP contribution is -2.22. The Hall–Kier alpha value is -3.28. The third kappa shape index (κ3) is 9.69. The number of benzene rings is 2. The van der Waals surface area contributed by atoms with E-state index in [-0.39, 0.29) is 23.7 Å². The van der Waals surface area contributed by atoms with Gasteiger partial charge in [0.05, 0.1) is 11.4 Å². The highest BCUT2D eigenvalue weighted by Gasteiger charge is 2.10. The van der Waals surface area contributed by atoms with Crippen LogP contribution in [0.2, 0.25) is 0 Å². The zero-order valence-electron chi connectivity index (χ0n) is 20.9. The summed E-state index contributed by atoms with van der Waals surface area (Å²) in [6, 6.07) is 19.8. The third-order valence-electron chi connectivity index (χ3n) is 5.39. The van der Waals surface area contributed by atoms with E-state index in [1.165, 1.54) is 0 Å². The minimum atomic E-state index is -0.0803. The smallest absolute Gasteiger partial charge is 0.240 e. The molecule has 0 aromatic heterocycles. The van der Waals surface area contributed by atoms with Gasteiger partial charge in [-0.1, -0.05) is 101 Å². The van der Waals surface area contributed by atoms with Crippen molar-refractivity contribution in [3.8, 4) is 0 Å². The van der Waals surface area contributed by atoms with E-state index in [0.717, 1.165) is 48.2 Å². The van der Waals surface area contributed by atoms with E-state index in [9.17, 15) is 9.59 Å². The molecule has 0 atom stereocenters. The van der Waals surface area contributed by atoms with Crippen LogP contribution in [-0.2, 0) is 9.59 Å². The van der Waals surface area contributed by atoms with Gasteiger partial charge in [-0.15, -0.1) is 0 Å². The Morgan fingerprint density at radius 1 is 0.618 bits per heavy atom. The standard InChI is InChI=1S/C28H38N4O2/c1-21(2)27(23-15-9-7-10-16-23)31-29-25(33)19-13-5-6-14-20-26(34)30-32-28(22(3)4)24-17-11-8-12-18-24/h7-12,15-18,21-22H,5-6,13-14,19-20H2,1-4H3,(H,29,33)(H,30,34)/b31-27+,32-28+. The zero-order valence-corrected chi connectivity index (χ0v) is 20.9. The molecule has 34 heavy (non-hydrogen) atoms. The molecule has 0 spiro atoms.